The Hall–Kier alpha value is -3.41. The summed E-state index contributed by atoms with van der Waals surface area (Å²) in [4.78, 5) is 37.9. The third kappa shape index (κ3) is 47.6. The van der Waals surface area contributed by atoms with Crippen LogP contribution in [0.1, 0.15) is 233 Å². The van der Waals surface area contributed by atoms with E-state index in [9.17, 15) is 14.4 Å². The van der Waals surface area contributed by atoms with E-state index < -0.39 is 6.10 Å². The zero-order chi connectivity index (χ0) is 45.1. The van der Waals surface area contributed by atoms with Gasteiger partial charge in [-0.25, -0.2) is 0 Å². The van der Waals surface area contributed by atoms with Gasteiger partial charge in [-0.2, -0.15) is 0 Å². The van der Waals surface area contributed by atoms with Gasteiger partial charge in [0.1, 0.15) is 13.2 Å². The molecule has 0 bridgehead atoms. The Morgan fingerprint density at radius 1 is 0.339 bits per heavy atom. The van der Waals surface area contributed by atoms with Crippen molar-refractivity contribution in [2.24, 2.45) is 0 Å². The second-order valence-electron chi connectivity index (χ2n) is 16.8. The van der Waals surface area contributed by atoms with Crippen LogP contribution in [0.2, 0.25) is 0 Å². The van der Waals surface area contributed by atoms with Gasteiger partial charge >= 0.3 is 17.9 Å². The van der Waals surface area contributed by atoms with Crippen molar-refractivity contribution in [2.75, 3.05) is 13.2 Å². The third-order valence-electron chi connectivity index (χ3n) is 10.7. The van der Waals surface area contributed by atoms with E-state index in [0.717, 1.165) is 109 Å². The average molecular weight is 863 g/mol. The zero-order valence-electron chi connectivity index (χ0n) is 40.4. The molecule has 354 valence electrons. The maximum Gasteiger partial charge on any atom is 0.306 e. The van der Waals surface area contributed by atoms with Crippen LogP contribution in [0.25, 0.3) is 0 Å². The second-order valence-corrected chi connectivity index (χ2v) is 16.8. The molecule has 1 unspecified atom stereocenters. The summed E-state index contributed by atoms with van der Waals surface area (Å²) < 4.78 is 16.7. The normalized spacial score (nSPS) is 12.8. The molecule has 0 aliphatic heterocycles. The van der Waals surface area contributed by atoms with Gasteiger partial charge in [-0.05, 0) is 83.5 Å². The highest BCUT2D eigenvalue weighted by atomic mass is 16.6. The van der Waals surface area contributed by atoms with Crippen molar-refractivity contribution in [3.8, 4) is 0 Å². The maximum absolute atomic E-state index is 12.8. The lowest BCUT2D eigenvalue weighted by Gasteiger charge is -2.18. The summed E-state index contributed by atoms with van der Waals surface area (Å²) in [7, 11) is 0. The van der Waals surface area contributed by atoms with Crippen molar-refractivity contribution in [2.45, 2.75) is 239 Å². The number of ether oxygens (including phenoxy) is 3. The molecule has 0 rings (SSSR count). The summed E-state index contributed by atoms with van der Waals surface area (Å²) in [6.45, 7) is 6.40. The van der Waals surface area contributed by atoms with Crippen LogP contribution in [0, 0.1) is 0 Å². The number of allylic oxidation sites excluding steroid dienone is 14. The SMILES string of the molecule is CC\C=C/C=C\C=C/CCCCCCCCCC(=O)OC(COC(=O)CCCCC/C=C\C=C/CCCC)COC(=O)CCCCCCC/C=C\C=C/CCCCCCCCC. The molecular weight excluding hydrogens is 769 g/mol. The lowest BCUT2D eigenvalue weighted by atomic mass is 10.1. The average Bonchev–Trinajstić information content (AvgIpc) is 3.27. The minimum absolute atomic E-state index is 0.0989. The summed E-state index contributed by atoms with van der Waals surface area (Å²) in [5.74, 6) is -0.956. The standard InChI is InChI=1S/C56H94O6/c1-4-7-10-13-16-19-22-24-26-27-28-30-31-34-37-40-43-46-49-55(58)61-52-53(51-60-54(57)48-45-42-39-36-33-21-18-15-12-9-6-3)62-56(59)50-47-44-41-38-35-32-29-25-23-20-17-14-11-8-5-2/h8,11,14-15,17-18,20-21,23,26-28,30,33,53H,4-7,9-10,12-13,16,19,22,24-25,29,31-32,34-52H2,1-3H3/b11-8-,17-14-,18-15-,23-20-,27-26-,30-28-,33-21-. The minimum Gasteiger partial charge on any atom is -0.462 e. The van der Waals surface area contributed by atoms with E-state index in [1.54, 1.807) is 0 Å². The fourth-order valence-corrected chi connectivity index (χ4v) is 6.82. The van der Waals surface area contributed by atoms with Crippen molar-refractivity contribution in [3.63, 3.8) is 0 Å². The van der Waals surface area contributed by atoms with Gasteiger partial charge in [0.2, 0.25) is 0 Å². The number of carbonyl (C=O) groups is 3. The van der Waals surface area contributed by atoms with Gasteiger partial charge in [0.15, 0.2) is 6.10 Å². The highest BCUT2D eigenvalue weighted by Gasteiger charge is 2.19. The number of rotatable bonds is 45. The first-order chi connectivity index (χ1) is 30.5. The van der Waals surface area contributed by atoms with E-state index in [4.69, 9.17) is 14.2 Å². The van der Waals surface area contributed by atoms with Gasteiger partial charge < -0.3 is 14.2 Å². The Morgan fingerprint density at radius 3 is 1.05 bits per heavy atom. The first kappa shape index (κ1) is 58.6. The van der Waals surface area contributed by atoms with Crippen LogP contribution in [0.4, 0.5) is 0 Å². The largest absolute Gasteiger partial charge is 0.462 e. The van der Waals surface area contributed by atoms with E-state index in [-0.39, 0.29) is 31.1 Å². The van der Waals surface area contributed by atoms with Gasteiger partial charge in [0, 0.05) is 19.3 Å². The third-order valence-corrected chi connectivity index (χ3v) is 10.7. The zero-order valence-corrected chi connectivity index (χ0v) is 40.4. The van der Waals surface area contributed by atoms with Gasteiger partial charge in [-0.1, -0.05) is 215 Å². The van der Waals surface area contributed by atoms with Crippen molar-refractivity contribution < 1.29 is 28.6 Å². The van der Waals surface area contributed by atoms with Crippen LogP contribution >= 0.6 is 0 Å². The fourth-order valence-electron chi connectivity index (χ4n) is 6.82. The van der Waals surface area contributed by atoms with Crippen molar-refractivity contribution in [1.82, 2.24) is 0 Å². The molecule has 0 saturated heterocycles. The highest BCUT2D eigenvalue weighted by Crippen LogP contribution is 2.14. The van der Waals surface area contributed by atoms with Crippen LogP contribution < -0.4 is 0 Å². The molecule has 6 heteroatoms. The summed E-state index contributed by atoms with van der Waals surface area (Å²) in [6.07, 6.45) is 64.2. The molecule has 62 heavy (non-hydrogen) atoms. The molecule has 0 heterocycles. The Kier molecular flexibility index (Phi) is 47.5. The van der Waals surface area contributed by atoms with E-state index in [2.05, 4.69) is 106 Å². The molecule has 0 saturated carbocycles. The fraction of sp³-hybridized carbons (Fsp3) is 0.696. The predicted octanol–water partition coefficient (Wildman–Crippen LogP) is 16.8. The second kappa shape index (κ2) is 50.2. The molecule has 0 aromatic heterocycles. The van der Waals surface area contributed by atoms with Crippen molar-refractivity contribution >= 4 is 17.9 Å². The topological polar surface area (TPSA) is 78.9 Å². The Labute approximate surface area is 382 Å². The summed E-state index contributed by atoms with van der Waals surface area (Å²) in [5.41, 5.74) is 0. The van der Waals surface area contributed by atoms with Crippen LogP contribution in [-0.4, -0.2) is 37.2 Å². The molecule has 0 N–H and O–H groups in total. The Bertz CT molecular complexity index is 1220. The van der Waals surface area contributed by atoms with E-state index >= 15 is 0 Å². The minimum atomic E-state index is -0.800. The number of hydrogen-bond acceptors (Lipinski definition) is 6. The van der Waals surface area contributed by atoms with Gasteiger partial charge in [-0.3, -0.25) is 14.4 Å². The number of hydrogen-bond donors (Lipinski definition) is 0. The summed E-state index contributed by atoms with van der Waals surface area (Å²) in [5, 5.41) is 0. The molecule has 0 amide bonds. The molecule has 0 aromatic carbocycles. The molecule has 0 radical (unpaired) electrons. The summed E-state index contributed by atoms with van der Waals surface area (Å²) in [6, 6.07) is 0. The number of unbranched alkanes of at least 4 members (excludes halogenated alkanes) is 24. The lowest BCUT2D eigenvalue weighted by Crippen LogP contribution is -2.30. The van der Waals surface area contributed by atoms with Crippen molar-refractivity contribution in [3.05, 3.63) is 85.1 Å². The quantitative estimate of drug-likeness (QED) is 0.0263. The van der Waals surface area contributed by atoms with Crippen molar-refractivity contribution in [1.29, 1.82) is 0 Å². The Balaban J connectivity index is 4.43. The van der Waals surface area contributed by atoms with Crippen LogP contribution in [0.5, 0.6) is 0 Å². The molecule has 0 spiro atoms. The van der Waals surface area contributed by atoms with Gasteiger partial charge in [-0.15, -0.1) is 0 Å². The van der Waals surface area contributed by atoms with E-state index in [0.29, 0.717) is 19.3 Å². The molecule has 0 aliphatic rings. The maximum atomic E-state index is 12.8. The molecule has 0 aliphatic carbocycles. The predicted molar refractivity (Wildman–Crippen MR) is 265 cm³/mol. The molecule has 0 aromatic rings. The van der Waals surface area contributed by atoms with Gasteiger partial charge in [0.05, 0.1) is 0 Å². The smallest absolute Gasteiger partial charge is 0.306 e. The molecular formula is C56H94O6. The molecule has 6 nitrogen and oxygen atoms in total. The molecule has 0 fully saturated rings. The first-order valence-corrected chi connectivity index (χ1v) is 25.7. The lowest BCUT2D eigenvalue weighted by molar-refractivity contribution is -0.167. The highest BCUT2D eigenvalue weighted by molar-refractivity contribution is 5.71. The first-order valence-electron chi connectivity index (χ1n) is 25.7. The van der Waals surface area contributed by atoms with Crippen LogP contribution in [0.15, 0.2) is 85.1 Å². The monoisotopic (exact) mass is 863 g/mol. The van der Waals surface area contributed by atoms with Gasteiger partial charge in [0.25, 0.3) is 0 Å². The number of carbonyl (C=O) groups excluding carboxylic acids is 3. The van der Waals surface area contributed by atoms with Crippen LogP contribution in [0.3, 0.4) is 0 Å². The molecule has 1 atom stereocenters. The van der Waals surface area contributed by atoms with E-state index in [1.807, 2.05) is 0 Å². The number of esters is 3. The van der Waals surface area contributed by atoms with E-state index in [1.165, 1.54) is 83.5 Å². The Morgan fingerprint density at radius 2 is 0.645 bits per heavy atom. The van der Waals surface area contributed by atoms with Crippen LogP contribution in [-0.2, 0) is 28.6 Å². The summed E-state index contributed by atoms with van der Waals surface area (Å²) >= 11 is 0.